The first-order valence-electron chi connectivity index (χ1n) is 19.5. The molecule has 0 bridgehead atoms. The number of nitrogens with two attached hydrogens (primary N) is 1. The van der Waals surface area contributed by atoms with Crippen LogP contribution in [0.15, 0.2) is 61.1 Å². The summed E-state index contributed by atoms with van der Waals surface area (Å²) in [5.41, 5.74) is 5.51. The molecule has 3 heterocycles. The smallest absolute Gasteiger partial charge is 0.407 e. The van der Waals surface area contributed by atoms with Gasteiger partial charge in [0.05, 0.1) is 29.5 Å². The van der Waals surface area contributed by atoms with Crippen LogP contribution in [0.1, 0.15) is 106 Å². The second-order valence-electron chi connectivity index (χ2n) is 15.3. The highest BCUT2D eigenvalue weighted by molar-refractivity contribution is 6.37. The number of nitrogens with zero attached hydrogens (tertiary/aromatic N) is 5. The minimum absolute atomic E-state index is 0.0201. The molecule has 1 aromatic carbocycles. The van der Waals surface area contributed by atoms with E-state index in [0.717, 1.165) is 37.7 Å². The second-order valence-corrected chi connectivity index (χ2v) is 15.3. The van der Waals surface area contributed by atoms with Crippen molar-refractivity contribution in [2.75, 3.05) is 13.1 Å². The van der Waals surface area contributed by atoms with Gasteiger partial charge in [0.15, 0.2) is 0 Å². The van der Waals surface area contributed by atoms with Crippen LogP contribution in [0.25, 0.3) is 0 Å². The summed E-state index contributed by atoms with van der Waals surface area (Å²) in [6.45, 7) is 3.43. The molecule has 1 unspecified atom stereocenters. The Bertz CT molecular complexity index is 1840. The summed E-state index contributed by atoms with van der Waals surface area (Å²) in [6, 6.07) is 8.34. The van der Waals surface area contributed by atoms with Gasteiger partial charge < -0.3 is 36.4 Å². The molecule has 3 aromatic rings. The van der Waals surface area contributed by atoms with Crippen LogP contribution < -0.4 is 21.7 Å². The Labute approximate surface area is 331 Å². The van der Waals surface area contributed by atoms with Crippen LogP contribution in [0.2, 0.25) is 0 Å². The summed E-state index contributed by atoms with van der Waals surface area (Å²) in [5.74, 6) is -3.75. The van der Waals surface area contributed by atoms with Crippen LogP contribution in [0.5, 0.6) is 0 Å². The summed E-state index contributed by atoms with van der Waals surface area (Å²) >= 11 is 0. The Morgan fingerprint density at radius 1 is 0.965 bits per heavy atom. The molecule has 4 atom stereocenters. The van der Waals surface area contributed by atoms with Gasteiger partial charge in [-0.05, 0) is 63.1 Å². The minimum Gasteiger partial charge on any atom is -0.445 e. The molecule has 306 valence electrons. The maximum Gasteiger partial charge on any atom is 0.407 e. The molecule has 2 aromatic heterocycles. The van der Waals surface area contributed by atoms with Crippen LogP contribution in [0.4, 0.5) is 4.79 Å². The minimum atomic E-state index is -1.35. The number of ketones is 1. The van der Waals surface area contributed by atoms with Gasteiger partial charge in [0.1, 0.15) is 24.3 Å². The fourth-order valence-corrected chi connectivity index (χ4v) is 7.50. The standard InChI is InChI=1S/C40H53N9O8/c1-40(2,56)33-23-44-47-49(33)29-21-32(48(24-29)38(54)31(20-26-12-5-3-6-13-26)46-36(52)28-16-11-18-42-22-28)37(53)45-30(34(50)35(41)51)17-9-10-19-43-39(55)57-25-27-14-7-4-8-15-27/h4,7-8,11,14-16,18,22-23,26,29-32,56H,3,5-6,9-10,12-13,17,19-21,24-25H2,1-2H3,(H2,41,51)(H,43,55)(H,45,53)(H,46,52)/t29-,30?,31+,32-/m0/s1. The number of rotatable bonds is 18. The number of carbonyl (C=O) groups excluding carboxylic acids is 6. The van der Waals surface area contributed by atoms with Gasteiger partial charge in [-0.25, -0.2) is 9.48 Å². The molecule has 1 aliphatic heterocycles. The molecule has 57 heavy (non-hydrogen) atoms. The van der Waals surface area contributed by atoms with Crippen molar-refractivity contribution in [3.63, 3.8) is 0 Å². The van der Waals surface area contributed by atoms with E-state index in [1.54, 1.807) is 32.2 Å². The number of hydrogen-bond acceptors (Lipinski definition) is 11. The fourth-order valence-electron chi connectivity index (χ4n) is 7.50. The predicted molar refractivity (Wildman–Crippen MR) is 206 cm³/mol. The molecule has 2 fully saturated rings. The van der Waals surface area contributed by atoms with E-state index in [1.165, 1.54) is 22.0 Å². The van der Waals surface area contributed by atoms with Crippen molar-refractivity contribution in [2.45, 2.75) is 114 Å². The zero-order chi connectivity index (χ0) is 41.0. The molecule has 17 heteroatoms. The van der Waals surface area contributed by atoms with Gasteiger partial charge in [-0.1, -0.05) is 67.6 Å². The van der Waals surface area contributed by atoms with E-state index in [9.17, 15) is 33.9 Å². The quantitative estimate of drug-likeness (QED) is 0.0927. The lowest BCUT2D eigenvalue weighted by molar-refractivity contribution is -0.142. The van der Waals surface area contributed by atoms with Crippen LogP contribution >= 0.6 is 0 Å². The lowest BCUT2D eigenvalue weighted by Gasteiger charge is -2.32. The first kappa shape index (κ1) is 42.4. The molecule has 1 saturated heterocycles. The molecule has 0 radical (unpaired) electrons. The number of Topliss-reactive ketones (excluding diaryl/α,β-unsaturated/α-hetero) is 1. The van der Waals surface area contributed by atoms with Gasteiger partial charge in [-0.3, -0.25) is 29.0 Å². The topological polar surface area (TPSA) is 241 Å². The van der Waals surface area contributed by atoms with Crippen molar-refractivity contribution < 1.29 is 38.6 Å². The fraction of sp³-hybridized carbons (Fsp3) is 0.525. The van der Waals surface area contributed by atoms with E-state index < -0.39 is 65.3 Å². The van der Waals surface area contributed by atoms with Crippen LogP contribution in [-0.2, 0) is 36.1 Å². The number of ether oxygens (including phenoxy) is 1. The molecule has 17 nitrogen and oxygen atoms in total. The van der Waals surface area contributed by atoms with Crippen LogP contribution in [0.3, 0.4) is 0 Å². The number of likely N-dealkylation sites (tertiary alicyclic amines) is 1. The van der Waals surface area contributed by atoms with Gasteiger partial charge in [0.2, 0.25) is 17.6 Å². The summed E-state index contributed by atoms with van der Waals surface area (Å²) in [5, 5.41) is 27.3. The van der Waals surface area contributed by atoms with Crippen molar-refractivity contribution >= 4 is 35.5 Å². The maximum absolute atomic E-state index is 14.7. The third-order valence-corrected chi connectivity index (χ3v) is 10.5. The van der Waals surface area contributed by atoms with Crippen LogP contribution in [0, 0.1) is 5.92 Å². The van der Waals surface area contributed by atoms with Gasteiger partial charge in [-0.15, -0.1) is 5.10 Å². The van der Waals surface area contributed by atoms with Crippen molar-refractivity contribution in [1.29, 1.82) is 0 Å². The average Bonchev–Trinajstić information content (AvgIpc) is 3.89. The number of aliphatic hydroxyl groups is 1. The number of primary amides is 1. The summed E-state index contributed by atoms with van der Waals surface area (Å²) in [7, 11) is 0. The molecule has 1 aliphatic carbocycles. The van der Waals surface area contributed by atoms with E-state index in [4.69, 9.17) is 10.5 Å². The maximum atomic E-state index is 14.7. The lowest BCUT2D eigenvalue weighted by Crippen LogP contribution is -2.56. The Hall–Kier alpha value is -5.71. The van der Waals surface area contributed by atoms with E-state index in [0.29, 0.717) is 25.0 Å². The lowest BCUT2D eigenvalue weighted by atomic mass is 9.84. The van der Waals surface area contributed by atoms with Gasteiger partial charge in [0, 0.05) is 31.9 Å². The number of carbonyl (C=O) groups is 6. The number of hydrogen-bond donors (Lipinski definition) is 5. The summed E-state index contributed by atoms with van der Waals surface area (Å²) in [4.78, 5) is 85.1. The van der Waals surface area contributed by atoms with E-state index in [-0.39, 0.29) is 44.0 Å². The predicted octanol–water partition coefficient (Wildman–Crippen LogP) is 2.45. The Balaban J connectivity index is 1.32. The summed E-state index contributed by atoms with van der Waals surface area (Å²) < 4.78 is 6.71. The third kappa shape index (κ3) is 11.9. The number of pyridine rings is 1. The molecule has 5 amide bonds. The molecule has 5 rings (SSSR count). The Morgan fingerprint density at radius 2 is 1.72 bits per heavy atom. The van der Waals surface area contributed by atoms with Crippen molar-refractivity contribution in [3.05, 3.63) is 77.9 Å². The molecule has 6 N–H and O–H groups in total. The highest BCUT2D eigenvalue weighted by atomic mass is 16.5. The van der Waals surface area contributed by atoms with Crippen molar-refractivity contribution in [1.82, 2.24) is 40.8 Å². The SMILES string of the molecule is CC(C)(O)c1cnnn1[C@H]1C[C@@H](C(=O)NC(CCCCNC(=O)OCc2ccccc2)C(=O)C(N)=O)N(C(=O)[C@@H](CC2CCCCC2)NC(=O)c2cccnc2)C1. The van der Waals surface area contributed by atoms with Crippen molar-refractivity contribution in [2.24, 2.45) is 11.7 Å². The van der Waals surface area contributed by atoms with Gasteiger partial charge in [0.25, 0.3) is 11.8 Å². The van der Waals surface area contributed by atoms with Crippen molar-refractivity contribution in [3.8, 4) is 0 Å². The summed E-state index contributed by atoms with van der Waals surface area (Å²) in [6.07, 6.45) is 9.77. The normalized spacial score (nSPS) is 18.3. The van der Waals surface area contributed by atoms with E-state index in [2.05, 4.69) is 31.2 Å². The van der Waals surface area contributed by atoms with Gasteiger partial charge >= 0.3 is 6.09 Å². The molecular weight excluding hydrogens is 734 g/mol. The van der Waals surface area contributed by atoms with Gasteiger partial charge in [-0.2, -0.15) is 0 Å². The van der Waals surface area contributed by atoms with E-state index >= 15 is 0 Å². The number of benzene rings is 1. The average molecular weight is 788 g/mol. The zero-order valence-electron chi connectivity index (χ0n) is 32.5. The second kappa shape index (κ2) is 19.9. The Kier molecular flexibility index (Phi) is 14.8. The highest BCUT2D eigenvalue weighted by Gasteiger charge is 2.45. The third-order valence-electron chi connectivity index (χ3n) is 10.5. The number of amides is 5. The first-order valence-corrected chi connectivity index (χ1v) is 19.5. The van der Waals surface area contributed by atoms with E-state index in [1.807, 2.05) is 30.3 Å². The molecule has 0 spiro atoms. The number of aromatic nitrogens is 4. The number of unbranched alkanes of at least 4 members (excludes halogenated alkanes) is 1. The largest absolute Gasteiger partial charge is 0.445 e. The highest BCUT2D eigenvalue weighted by Crippen LogP contribution is 2.33. The Morgan fingerprint density at radius 3 is 2.40 bits per heavy atom. The van der Waals surface area contributed by atoms with Crippen LogP contribution in [-0.4, -0.2) is 96.7 Å². The monoisotopic (exact) mass is 787 g/mol. The molecule has 1 saturated carbocycles. The number of alkyl carbamates (subject to hydrolysis) is 1. The first-order chi connectivity index (χ1) is 27.3. The zero-order valence-corrected chi connectivity index (χ0v) is 32.5. The molecular formula is C40H53N9O8. The molecule has 2 aliphatic rings. The number of nitrogens with one attached hydrogen (secondary N) is 3.